The fourth-order valence-electron chi connectivity index (χ4n) is 8.45. The third-order valence-electron chi connectivity index (χ3n) is 12.5. The summed E-state index contributed by atoms with van der Waals surface area (Å²) >= 11 is 0. The highest BCUT2D eigenvalue weighted by molar-refractivity contribution is 5.77. The molecule has 4 heteroatoms. The predicted octanol–water partition coefficient (Wildman–Crippen LogP) is 18.4. The Morgan fingerprint density at radius 2 is 0.656 bits per heavy atom. The molecule has 0 rings (SSSR count). The predicted molar refractivity (Wildman–Crippen MR) is 273 cm³/mol. The minimum atomic E-state index is -0.0113. The Morgan fingerprint density at radius 3 is 1.00 bits per heavy atom. The fourth-order valence-corrected chi connectivity index (χ4v) is 8.45. The molecule has 1 unspecified atom stereocenters. The number of nitrogens with zero attached hydrogens (tertiary/aromatic N) is 1. The third kappa shape index (κ3) is 47.5. The van der Waals surface area contributed by atoms with E-state index in [1.165, 1.54) is 225 Å². The molecule has 1 N–H and O–H groups in total. The Hall–Kier alpha value is -1.84. The van der Waals surface area contributed by atoms with E-state index in [0.29, 0.717) is 19.4 Å². The molecule has 0 saturated carbocycles. The van der Waals surface area contributed by atoms with Crippen LogP contribution in [-0.2, 0) is 9.59 Å². The molecule has 0 radical (unpaired) electrons. The summed E-state index contributed by atoms with van der Waals surface area (Å²) in [5, 5.41) is 3.24. The lowest BCUT2D eigenvalue weighted by Crippen LogP contribution is -2.44. The first-order valence-corrected chi connectivity index (χ1v) is 27.6. The summed E-state index contributed by atoms with van der Waals surface area (Å²) in [5.41, 5.74) is 0. The van der Waals surface area contributed by atoms with Crippen LogP contribution in [0.4, 0.5) is 0 Å². The number of hydrogen-bond donors (Lipinski definition) is 1. The van der Waals surface area contributed by atoms with Crippen molar-refractivity contribution in [2.75, 3.05) is 13.1 Å². The van der Waals surface area contributed by atoms with Crippen molar-refractivity contribution in [1.82, 2.24) is 10.2 Å². The Balaban J connectivity index is 4.40. The largest absolute Gasteiger partial charge is 0.352 e. The van der Waals surface area contributed by atoms with Crippen molar-refractivity contribution in [2.45, 2.75) is 303 Å². The molecule has 0 aromatic heterocycles. The van der Waals surface area contributed by atoms with E-state index in [0.717, 1.165) is 38.6 Å². The lowest BCUT2D eigenvalue weighted by atomic mass is 10.1. The van der Waals surface area contributed by atoms with Gasteiger partial charge in [0, 0.05) is 32.0 Å². The monoisotopic (exact) mass is 853 g/mol. The fraction of sp³-hybridized carbons (Fsp3) is 0.860. The number of allylic oxidation sites excluding steroid dienone is 6. The molecule has 0 aromatic rings. The summed E-state index contributed by atoms with van der Waals surface area (Å²) in [4.78, 5) is 28.4. The van der Waals surface area contributed by atoms with Gasteiger partial charge in [0.25, 0.3) is 0 Å². The molecule has 0 aliphatic carbocycles. The van der Waals surface area contributed by atoms with E-state index in [9.17, 15) is 9.59 Å². The second-order valence-electron chi connectivity index (χ2n) is 18.9. The summed E-state index contributed by atoms with van der Waals surface area (Å²) in [6.07, 6.45) is 66.7. The zero-order chi connectivity index (χ0) is 44.4. The quantitative estimate of drug-likeness (QED) is 0.0490. The second kappa shape index (κ2) is 50.8. The van der Waals surface area contributed by atoms with Crippen molar-refractivity contribution in [1.29, 1.82) is 0 Å². The van der Waals surface area contributed by atoms with E-state index < -0.39 is 0 Å². The summed E-state index contributed by atoms with van der Waals surface area (Å²) in [6, 6.07) is -0.0113. The van der Waals surface area contributed by atoms with E-state index in [-0.39, 0.29) is 17.9 Å². The van der Waals surface area contributed by atoms with Gasteiger partial charge in [-0.25, -0.2) is 0 Å². The molecule has 0 aliphatic heterocycles. The molecule has 0 fully saturated rings. The zero-order valence-electron chi connectivity index (χ0n) is 41.9. The molecule has 1 atom stereocenters. The number of carbonyl (C=O) groups excluding carboxylic acids is 2. The first kappa shape index (κ1) is 59.2. The molecule has 0 bridgehead atoms. The standard InChI is InChI=1S/C57H108N2O2/c1-5-8-11-14-17-20-23-26-29-32-35-38-41-44-47-50-53-59(57(61)52-49-46-43-40-37-34-31-28-25-22-19-16-13-10-7-3)54-55(4)58-56(60)51-48-45-42-39-36-33-30-27-24-21-18-15-12-9-6-2/h26-31,55H,5-25,32-54H2,1-4H3,(H,58,60). The van der Waals surface area contributed by atoms with Crippen LogP contribution >= 0.6 is 0 Å². The normalized spacial score (nSPS) is 12.4. The van der Waals surface area contributed by atoms with Crippen LogP contribution < -0.4 is 5.32 Å². The van der Waals surface area contributed by atoms with Crippen LogP contribution in [0.25, 0.3) is 0 Å². The number of carbonyl (C=O) groups is 2. The SMILES string of the molecule is CCCCCCCCC=CCCCCCCCCN(CC(C)NC(=O)CCCCCCCC=CCCCCCCCC)C(=O)CCCCCCCC=CCCCCCCCC. The smallest absolute Gasteiger partial charge is 0.222 e. The lowest BCUT2D eigenvalue weighted by Gasteiger charge is -2.27. The lowest BCUT2D eigenvalue weighted by molar-refractivity contribution is -0.132. The van der Waals surface area contributed by atoms with Crippen molar-refractivity contribution < 1.29 is 9.59 Å². The van der Waals surface area contributed by atoms with Crippen LogP contribution in [0.1, 0.15) is 297 Å². The van der Waals surface area contributed by atoms with Crippen molar-refractivity contribution >= 4 is 11.8 Å². The van der Waals surface area contributed by atoms with Gasteiger partial charge in [0.15, 0.2) is 0 Å². The topological polar surface area (TPSA) is 49.4 Å². The molecule has 2 amide bonds. The molecule has 0 aromatic carbocycles. The summed E-state index contributed by atoms with van der Waals surface area (Å²) in [6.45, 7) is 10.4. The summed E-state index contributed by atoms with van der Waals surface area (Å²) in [7, 11) is 0. The molecule has 0 saturated heterocycles. The highest BCUT2D eigenvalue weighted by Gasteiger charge is 2.17. The molecule has 61 heavy (non-hydrogen) atoms. The van der Waals surface area contributed by atoms with E-state index in [1.54, 1.807) is 0 Å². The minimum absolute atomic E-state index is 0.0113. The van der Waals surface area contributed by atoms with Gasteiger partial charge in [-0.1, -0.05) is 218 Å². The number of amides is 2. The molecule has 0 spiro atoms. The number of hydrogen-bond acceptors (Lipinski definition) is 2. The van der Waals surface area contributed by atoms with Gasteiger partial charge >= 0.3 is 0 Å². The molecule has 0 aliphatic rings. The van der Waals surface area contributed by atoms with Gasteiger partial charge in [-0.15, -0.1) is 0 Å². The van der Waals surface area contributed by atoms with E-state index in [2.05, 4.69) is 74.4 Å². The van der Waals surface area contributed by atoms with Crippen LogP contribution in [0.3, 0.4) is 0 Å². The summed E-state index contributed by atoms with van der Waals surface area (Å²) in [5.74, 6) is 0.427. The number of unbranched alkanes of at least 4 members (excludes halogenated alkanes) is 34. The highest BCUT2D eigenvalue weighted by atomic mass is 16.2. The average Bonchev–Trinajstić information content (AvgIpc) is 3.25. The molecule has 0 heterocycles. The highest BCUT2D eigenvalue weighted by Crippen LogP contribution is 2.15. The second-order valence-corrected chi connectivity index (χ2v) is 18.9. The Kier molecular flexibility index (Phi) is 49.3. The Labute approximate surface area is 383 Å². The molecule has 4 nitrogen and oxygen atoms in total. The van der Waals surface area contributed by atoms with Crippen LogP contribution in [0, 0.1) is 0 Å². The van der Waals surface area contributed by atoms with Gasteiger partial charge < -0.3 is 10.2 Å². The minimum Gasteiger partial charge on any atom is -0.352 e. The van der Waals surface area contributed by atoms with Crippen LogP contribution in [0.5, 0.6) is 0 Å². The van der Waals surface area contributed by atoms with Crippen LogP contribution in [0.2, 0.25) is 0 Å². The van der Waals surface area contributed by atoms with E-state index in [4.69, 9.17) is 0 Å². The van der Waals surface area contributed by atoms with Crippen LogP contribution in [-0.4, -0.2) is 35.8 Å². The van der Waals surface area contributed by atoms with E-state index in [1.807, 2.05) is 0 Å². The van der Waals surface area contributed by atoms with Crippen molar-refractivity contribution in [3.63, 3.8) is 0 Å². The van der Waals surface area contributed by atoms with Gasteiger partial charge in [-0.2, -0.15) is 0 Å². The maximum atomic E-state index is 13.5. The van der Waals surface area contributed by atoms with Gasteiger partial charge in [-0.05, 0) is 103 Å². The zero-order valence-corrected chi connectivity index (χ0v) is 41.9. The van der Waals surface area contributed by atoms with Crippen LogP contribution in [0.15, 0.2) is 36.5 Å². The Morgan fingerprint density at radius 1 is 0.377 bits per heavy atom. The number of nitrogens with one attached hydrogen (secondary N) is 1. The number of rotatable bonds is 49. The van der Waals surface area contributed by atoms with Gasteiger partial charge in [0.1, 0.15) is 0 Å². The molecule has 358 valence electrons. The molecular weight excluding hydrogens is 745 g/mol. The molecular formula is C57H108N2O2. The maximum absolute atomic E-state index is 13.5. The van der Waals surface area contributed by atoms with Gasteiger partial charge in [-0.3, -0.25) is 9.59 Å². The Bertz CT molecular complexity index is 986. The van der Waals surface area contributed by atoms with E-state index >= 15 is 0 Å². The summed E-state index contributed by atoms with van der Waals surface area (Å²) < 4.78 is 0. The van der Waals surface area contributed by atoms with Crippen molar-refractivity contribution in [3.8, 4) is 0 Å². The third-order valence-corrected chi connectivity index (χ3v) is 12.5. The average molecular weight is 854 g/mol. The van der Waals surface area contributed by atoms with Gasteiger partial charge in [0.2, 0.25) is 11.8 Å². The van der Waals surface area contributed by atoms with Crippen molar-refractivity contribution in [2.24, 2.45) is 0 Å². The maximum Gasteiger partial charge on any atom is 0.222 e. The first-order chi connectivity index (χ1) is 30.0. The first-order valence-electron chi connectivity index (χ1n) is 27.6. The van der Waals surface area contributed by atoms with Gasteiger partial charge in [0.05, 0.1) is 0 Å². The van der Waals surface area contributed by atoms with Crippen molar-refractivity contribution in [3.05, 3.63) is 36.5 Å².